The molecule has 0 bridgehead atoms. The molecule has 54 heavy (non-hydrogen) atoms. The molecule has 2 aromatic heterocycles. The molecule has 6 rings (SSSR count). The van der Waals surface area contributed by atoms with Crippen LogP contribution in [-0.2, 0) is 20.7 Å². The van der Waals surface area contributed by atoms with Gasteiger partial charge >= 0.3 is 14.1 Å². The SMILES string of the molecule is C[C@H](N=[P+]([O-])Oc1c(OC[C@H]2O[C@@H](n3c(I)nc4c(NCCc5ccccc5)nc(N)nc43)[C@](C)(O)[C@@H]2O)ccc2ccccc12)C(=O)OCC(C)(C)C. The third-order valence-corrected chi connectivity index (χ3v) is 10.4. The number of anilines is 2. The summed E-state index contributed by atoms with van der Waals surface area (Å²) in [7, 11) is -2.74. The second-order valence-corrected chi connectivity index (χ2v) is 16.3. The van der Waals surface area contributed by atoms with Gasteiger partial charge in [0, 0.05) is 34.5 Å². The van der Waals surface area contributed by atoms with Crippen molar-refractivity contribution in [2.45, 2.75) is 71.1 Å². The van der Waals surface area contributed by atoms with Crippen LogP contribution in [0.5, 0.6) is 11.5 Å². The molecule has 3 heterocycles. The summed E-state index contributed by atoms with van der Waals surface area (Å²) in [5.41, 5.74) is 5.94. The van der Waals surface area contributed by atoms with Crippen LogP contribution in [0, 0.1) is 9.25 Å². The van der Waals surface area contributed by atoms with Crippen LogP contribution in [0.3, 0.4) is 0 Å². The predicted octanol–water partition coefficient (Wildman–Crippen LogP) is 5.12. The van der Waals surface area contributed by atoms with Crippen molar-refractivity contribution >= 4 is 70.4 Å². The summed E-state index contributed by atoms with van der Waals surface area (Å²) in [6.07, 6.45) is -2.88. The number of rotatable bonds is 13. The molecule has 1 saturated heterocycles. The monoisotopic (exact) mass is 871 g/mol. The molecule has 0 spiro atoms. The molecule has 5 aromatic rings. The first kappa shape index (κ1) is 39.5. The lowest BCUT2D eigenvalue weighted by Gasteiger charge is -2.27. The summed E-state index contributed by atoms with van der Waals surface area (Å²) >= 11 is 2.01. The number of halogens is 1. The van der Waals surface area contributed by atoms with Gasteiger partial charge in [-0.25, -0.2) is 9.78 Å². The van der Waals surface area contributed by atoms with Crippen molar-refractivity contribution in [1.29, 1.82) is 0 Å². The van der Waals surface area contributed by atoms with Gasteiger partial charge < -0.3 is 40.4 Å². The molecule has 0 aliphatic carbocycles. The number of fused-ring (bicyclic) bond motifs is 2. The Labute approximate surface area is 327 Å². The van der Waals surface area contributed by atoms with Crippen LogP contribution in [0.4, 0.5) is 11.8 Å². The van der Waals surface area contributed by atoms with Crippen LogP contribution < -0.4 is 25.2 Å². The van der Waals surface area contributed by atoms with Gasteiger partial charge in [0.25, 0.3) is 0 Å². The Bertz CT molecular complexity index is 2160. The molecule has 0 saturated carbocycles. The summed E-state index contributed by atoms with van der Waals surface area (Å²) < 4.78 is 29.6. The maximum absolute atomic E-state index is 13.2. The summed E-state index contributed by atoms with van der Waals surface area (Å²) in [6, 6.07) is 19.6. The van der Waals surface area contributed by atoms with E-state index < -0.39 is 44.2 Å². The number of esters is 1. The zero-order chi connectivity index (χ0) is 38.8. The van der Waals surface area contributed by atoms with Crippen LogP contribution in [0.15, 0.2) is 71.5 Å². The first-order valence-electron chi connectivity index (χ1n) is 17.3. The molecule has 3 aromatic carbocycles. The first-order chi connectivity index (χ1) is 25.6. The molecular formula is C37H43IN7O8P. The number of imidazole rings is 1. The van der Waals surface area contributed by atoms with Gasteiger partial charge in [-0.2, -0.15) is 9.97 Å². The third kappa shape index (κ3) is 8.85. The standard InChI is InChI=1S/C37H43IN7O8P/c1-21(32(47)51-20-36(2,3)4)44-54(49)53-28-24-14-10-9-13-23(24)15-16-25(28)50-19-26-29(46)37(5,48)33(52-26)45-31-27(41-34(45)38)30(42-35(39)43-31)40-18-17-22-11-7-6-8-12-22/h6-16,21,26,29,33,46,48H,17-20H2,1-5H3,(H3,39,40,42,43)/t21-,26+,29+,33+,37+/m0/s1. The molecule has 5 N–H and O–H groups in total. The lowest BCUT2D eigenvalue weighted by Crippen LogP contribution is -2.45. The highest BCUT2D eigenvalue weighted by molar-refractivity contribution is 14.1. The van der Waals surface area contributed by atoms with Crippen molar-refractivity contribution in [2.75, 3.05) is 30.8 Å². The second kappa shape index (κ2) is 16.3. The van der Waals surface area contributed by atoms with Gasteiger partial charge in [0.15, 0.2) is 38.8 Å². The van der Waals surface area contributed by atoms with Gasteiger partial charge in [0.1, 0.15) is 24.4 Å². The number of nitrogens with two attached hydrogens (primary N) is 1. The van der Waals surface area contributed by atoms with Crippen LogP contribution in [0.1, 0.15) is 46.4 Å². The lowest BCUT2D eigenvalue weighted by molar-refractivity contribution is -0.169. The minimum Gasteiger partial charge on any atom is -0.575 e. The number of nitrogens with zero attached hydrogens (tertiary/aromatic N) is 5. The first-order valence-corrected chi connectivity index (χ1v) is 19.5. The number of aliphatic hydroxyl groups is 2. The summed E-state index contributed by atoms with van der Waals surface area (Å²) in [6.45, 7) is 9.23. The van der Waals surface area contributed by atoms with Gasteiger partial charge in [-0.15, -0.1) is 0 Å². The van der Waals surface area contributed by atoms with E-state index in [0.717, 1.165) is 17.4 Å². The number of hydrogen-bond acceptors (Lipinski definition) is 14. The normalized spacial score (nSPS) is 21.0. The van der Waals surface area contributed by atoms with Gasteiger partial charge in [0.2, 0.25) is 11.7 Å². The van der Waals surface area contributed by atoms with Crippen LogP contribution in [-0.4, -0.2) is 79.3 Å². The number of carbonyl (C=O) groups excluding carboxylic acids is 1. The molecule has 15 nitrogen and oxygen atoms in total. The Balaban J connectivity index is 1.21. The van der Waals surface area contributed by atoms with Crippen molar-refractivity contribution in [2.24, 2.45) is 10.2 Å². The molecule has 1 aliphatic heterocycles. The lowest BCUT2D eigenvalue weighted by atomic mass is 9.96. The number of benzene rings is 3. The highest BCUT2D eigenvalue weighted by Crippen LogP contribution is 2.43. The topological polar surface area (TPSA) is 212 Å². The number of aliphatic hydroxyl groups excluding tert-OH is 1. The Morgan fingerprint density at radius 2 is 1.87 bits per heavy atom. The zero-order valence-electron chi connectivity index (χ0n) is 30.5. The van der Waals surface area contributed by atoms with E-state index in [-0.39, 0.29) is 36.1 Å². The maximum Gasteiger partial charge on any atom is 0.395 e. The van der Waals surface area contributed by atoms with Crippen LogP contribution in [0.25, 0.3) is 21.9 Å². The molecule has 286 valence electrons. The van der Waals surface area contributed by atoms with E-state index in [2.05, 4.69) is 25.0 Å². The summed E-state index contributed by atoms with van der Waals surface area (Å²) in [5, 5.41) is 27.7. The van der Waals surface area contributed by atoms with E-state index in [0.29, 0.717) is 32.7 Å². The fourth-order valence-corrected chi connectivity index (χ4v) is 7.41. The molecule has 17 heteroatoms. The number of nitrogens with one attached hydrogen (secondary N) is 1. The molecule has 1 unspecified atom stereocenters. The predicted molar refractivity (Wildman–Crippen MR) is 211 cm³/mol. The molecule has 1 fully saturated rings. The largest absolute Gasteiger partial charge is 0.575 e. The molecule has 1 aliphatic rings. The van der Waals surface area contributed by atoms with E-state index in [1.807, 2.05) is 85.8 Å². The molecular weight excluding hydrogens is 828 g/mol. The zero-order valence-corrected chi connectivity index (χ0v) is 33.5. The van der Waals surface area contributed by atoms with Crippen molar-refractivity contribution in [1.82, 2.24) is 19.5 Å². The van der Waals surface area contributed by atoms with Crippen LogP contribution in [0.2, 0.25) is 0 Å². The Morgan fingerprint density at radius 3 is 2.61 bits per heavy atom. The minimum absolute atomic E-state index is 0.00886. The number of ether oxygens (including phenoxy) is 3. The average molecular weight is 872 g/mol. The number of hydrogen-bond donors (Lipinski definition) is 4. The fraction of sp³-hybridized carbons (Fsp3) is 0.405. The second-order valence-electron chi connectivity index (χ2n) is 14.4. The fourth-order valence-electron chi connectivity index (χ4n) is 5.92. The van der Waals surface area contributed by atoms with Crippen molar-refractivity contribution in [3.63, 3.8) is 0 Å². The maximum atomic E-state index is 13.2. The smallest absolute Gasteiger partial charge is 0.395 e. The van der Waals surface area contributed by atoms with Gasteiger partial charge in [-0.05, 0) is 42.7 Å². The van der Waals surface area contributed by atoms with Crippen molar-refractivity contribution in [3.8, 4) is 11.5 Å². The average Bonchev–Trinajstić information content (AvgIpc) is 3.56. The van der Waals surface area contributed by atoms with E-state index >= 15 is 0 Å². The van der Waals surface area contributed by atoms with E-state index in [9.17, 15) is 19.9 Å². The number of aromatic nitrogens is 4. The van der Waals surface area contributed by atoms with Gasteiger partial charge in [0.05, 0.1) is 6.61 Å². The van der Waals surface area contributed by atoms with Gasteiger partial charge in [-0.3, -0.25) is 9.09 Å². The van der Waals surface area contributed by atoms with Crippen molar-refractivity contribution in [3.05, 3.63) is 76.1 Å². The van der Waals surface area contributed by atoms with E-state index in [1.165, 1.54) is 13.8 Å². The van der Waals surface area contributed by atoms with E-state index in [4.69, 9.17) is 24.5 Å². The minimum atomic E-state index is -2.74. The van der Waals surface area contributed by atoms with Crippen molar-refractivity contribution < 1.29 is 38.6 Å². The highest BCUT2D eigenvalue weighted by Gasteiger charge is 2.54. The Hall–Kier alpha value is -4.19. The summed E-state index contributed by atoms with van der Waals surface area (Å²) in [5.74, 6) is 0.103. The highest BCUT2D eigenvalue weighted by atomic mass is 127. The number of carbonyl (C=O) groups is 1. The van der Waals surface area contributed by atoms with Gasteiger partial charge in [-0.1, -0.05) is 86.2 Å². The van der Waals surface area contributed by atoms with Crippen LogP contribution >= 0.6 is 30.8 Å². The molecule has 0 amide bonds. The number of nitrogen functional groups attached to an aromatic ring is 1. The molecule has 6 atom stereocenters. The quantitative estimate of drug-likeness (QED) is 0.0525. The Kier molecular flexibility index (Phi) is 11.9. The third-order valence-electron chi connectivity index (χ3n) is 8.72. The Morgan fingerprint density at radius 1 is 1.15 bits per heavy atom. The van der Waals surface area contributed by atoms with E-state index in [1.54, 1.807) is 28.8 Å². The molecule has 0 radical (unpaired) electrons. The summed E-state index contributed by atoms with van der Waals surface area (Å²) in [4.78, 5) is 39.2.